The maximum atomic E-state index is 6.28. The minimum Gasteiger partial charge on any atom is -0.375 e. The van der Waals surface area contributed by atoms with Crippen LogP contribution < -0.4 is 5.32 Å². The van der Waals surface area contributed by atoms with Crippen molar-refractivity contribution < 1.29 is 4.74 Å². The Bertz CT molecular complexity index is 295. The maximum absolute atomic E-state index is 6.28. The zero-order valence-electron chi connectivity index (χ0n) is 12.7. The van der Waals surface area contributed by atoms with E-state index in [1.165, 1.54) is 55.1 Å². The minimum atomic E-state index is 0.244. The SMILES string of the molecule is CCNC(C1CCSC1)C1CCOC2(CCSCC2)C1. The summed E-state index contributed by atoms with van der Waals surface area (Å²) in [6.07, 6.45) is 6.57. The molecule has 1 N–H and O–H groups in total. The predicted molar refractivity (Wildman–Crippen MR) is 90.9 cm³/mol. The molecule has 3 rings (SSSR count). The Morgan fingerprint density at radius 2 is 2.00 bits per heavy atom. The van der Waals surface area contributed by atoms with Crippen LogP contribution in [-0.2, 0) is 4.74 Å². The van der Waals surface area contributed by atoms with Crippen molar-refractivity contribution in [3.05, 3.63) is 0 Å². The molecule has 3 aliphatic rings. The summed E-state index contributed by atoms with van der Waals surface area (Å²) in [4.78, 5) is 0. The van der Waals surface area contributed by atoms with Crippen LogP contribution in [0.4, 0.5) is 0 Å². The lowest BCUT2D eigenvalue weighted by molar-refractivity contribution is -0.109. The van der Waals surface area contributed by atoms with E-state index in [0.717, 1.165) is 31.0 Å². The van der Waals surface area contributed by atoms with Crippen molar-refractivity contribution in [3.8, 4) is 0 Å². The molecule has 3 aliphatic heterocycles. The monoisotopic (exact) mass is 315 g/mol. The zero-order chi connectivity index (χ0) is 13.8. The van der Waals surface area contributed by atoms with Crippen LogP contribution in [0.2, 0.25) is 0 Å². The first-order valence-electron chi connectivity index (χ1n) is 8.36. The van der Waals surface area contributed by atoms with Crippen molar-refractivity contribution in [2.24, 2.45) is 11.8 Å². The van der Waals surface area contributed by atoms with Gasteiger partial charge in [0.25, 0.3) is 0 Å². The molecule has 3 unspecified atom stereocenters. The standard InChI is InChI=1S/C16H29NOS2/c1-2-17-15(14-4-8-20-12-14)13-3-7-18-16(11-13)5-9-19-10-6-16/h13-15,17H,2-12H2,1H3. The van der Waals surface area contributed by atoms with Gasteiger partial charge in [0.05, 0.1) is 5.60 Å². The van der Waals surface area contributed by atoms with Gasteiger partial charge in [-0.05, 0) is 73.5 Å². The average Bonchev–Trinajstić information content (AvgIpc) is 2.99. The number of hydrogen-bond acceptors (Lipinski definition) is 4. The normalized spacial score (nSPS) is 35.2. The molecule has 0 saturated carbocycles. The molecule has 4 heteroatoms. The van der Waals surface area contributed by atoms with E-state index in [1.54, 1.807) is 0 Å². The van der Waals surface area contributed by atoms with Crippen LogP contribution in [0, 0.1) is 11.8 Å². The van der Waals surface area contributed by atoms with E-state index < -0.39 is 0 Å². The second-order valence-corrected chi connectivity index (χ2v) is 8.98. The first-order valence-corrected chi connectivity index (χ1v) is 10.7. The Morgan fingerprint density at radius 1 is 1.15 bits per heavy atom. The molecule has 0 amide bonds. The summed E-state index contributed by atoms with van der Waals surface area (Å²) in [6, 6.07) is 0.741. The van der Waals surface area contributed by atoms with Gasteiger partial charge in [-0.15, -0.1) is 0 Å². The third-order valence-electron chi connectivity index (χ3n) is 5.36. The predicted octanol–water partition coefficient (Wildman–Crippen LogP) is 3.41. The Balaban J connectivity index is 1.66. The molecule has 3 atom stereocenters. The lowest BCUT2D eigenvalue weighted by atomic mass is 9.75. The first kappa shape index (κ1) is 15.5. The molecule has 0 bridgehead atoms. The molecule has 2 nitrogen and oxygen atoms in total. The van der Waals surface area contributed by atoms with E-state index in [1.807, 2.05) is 0 Å². The first-order chi connectivity index (χ1) is 9.83. The molecular formula is C16H29NOS2. The number of nitrogens with one attached hydrogen (secondary N) is 1. The molecule has 1 spiro atoms. The second-order valence-electron chi connectivity index (χ2n) is 6.60. The fourth-order valence-corrected chi connectivity index (χ4v) is 6.80. The van der Waals surface area contributed by atoms with Gasteiger partial charge in [-0.1, -0.05) is 6.92 Å². The summed E-state index contributed by atoms with van der Waals surface area (Å²) >= 11 is 4.26. The number of rotatable bonds is 4. The summed E-state index contributed by atoms with van der Waals surface area (Å²) < 4.78 is 6.28. The lowest BCUT2D eigenvalue weighted by Gasteiger charge is -2.46. The van der Waals surface area contributed by atoms with E-state index >= 15 is 0 Å². The fourth-order valence-electron chi connectivity index (χ4n) is 4.25. The maximum Gasteiger partial charge on any atom is 0.0701 e. The largest absolute Gasteiger partial charge is 0.375 e. The third-order valence-corrected chi connectivity index (χ3v) is 7.53. The highest BCUT2D eigenvalue weighted by Crippen LogP contribution is 2.43. The van der Waals surface area contributed by atoms with Gasteiger partial charge >= 0.3 is 0 Å². The Kier molecular flexibility index (Phi) is 5.63. The van der Waals surface area contributed by atoms with E-state index in [9.17, 15) is 0 Å². The van der Waals surface area contributed by atoms with Crippen LogP contribution >= 0.6 is 23.5 Å². The highest BCUT2D eigenvalue weighted by Gasteiger charge is 2.42. The van der Waals surface area contributed by atoms with Gasteiger partial charge in [-0.2, -0.15) is 23.5 Å². The van der Waals surface area contributed by atoms with E-state index in [-0.39, 0.29) is 5.60 Å². The molecule has 3 saturated heterocycles. The zero-order valence-corrected chi connectivity index (χ0v) is 14.4. The van der Waals surface area contributed by atoms with Gasteiger partial charge < -0.3 is 10.1 Å². The van der Waals surface area contributed by atoms with Gasteiger partial charge in [-0.3, -0.25) is 0 Å². The van der Waals surface area contributed by atoms with Crippen LogP contribution in [0.25, 0.3) is 0 Å². The molecule has 0 aromatic heterocycles. The third kappa shape index (κ3) is 3.50. The molecule has 0 aliphatic carbocycles. The summed E-state index contributed by atoms with van der Waals surface area (Å²) in [6.45, 7) is 4.38. The molecule has 0 radical (unpaired) electrons. The Labute approximate surface area is 132 Å². The van der Waals surface area contributed by atoms with Crippen LogP contribution in [0.1, 0.15) is 39.0 Å². The van der Waals surface area contributed by atoms with Gasteiger partial charge in [0.1, 0.15) is 0 Å². The molecular weight excluding hydrogens is 286 g/mol. The van der Waals surface area contributed by atoms with E-state index in [2.05, 4.69) is 35.8 Å². The summed E-state index contributed by atoms with van der Waals surface area (Å²) in [5, 5.41) is 3.84. The Morgan fingerprint density at radius 3 is 2.70 bits per heavy atom. The molecule has 0 aromatic rings. The fraction of sp³-hybridized carbons (Fsp3) is 1.00. The highest BCUT2D eigenvalue weighted by molar-refractivity contribution is 7.99. The molecule has 0 aromatic carbocycles. The van der Waals surface area contributed by atoms with Gasteiger partial charge in [-0.25, -0.2) is 0 Å². The molecule has 3 fully saturated rings. The molecule has 3 heterocycles. The topological polar surface area (TPSA) is 21.3 Å². The minimum absolute atomic E-state index is 0.244. The number of hydrogen-bond donors (Lipinski definition) is 1. The highest BCUT2D eigenvalue weighted by atomic mass is 32.2. The average molecular weight is 316 g/mol. The van der Waals surface area contributed by atoms with Crippen molar-refractivity contribution in [2.45, 2.75) is 50.7 Å². The smallest absolute Gasteiger partial charge is 0.0701 e. The quantitative estimate of drug-likeness (QED) is 0.858. The van der Waals surface area contributed by atoms with Gasteiger partial charge in [0.15, 0.2) is 0 Å². The summed E-state index contributed by atoms with van der Waals surface area (Å²) in [5.74, 6) is 7.10. The van der Waals surface area contributed by atoms with Crippen LogP contribution in [0.5, 0.6) is 0 Å². The van der Waals surface area contributed by atoms with Crippen LogP contribution in [0.15, 0.2) is 0 Å². The van der Waals surface area contributed by atoms with Crippen molar-refractivity contribution >= 4 is 23.5 Å². The van der Waals surface area contributed by atoms with Crippen molar-refractivity contribution in [1.29, 1.82) is 0 Å². The van der Waals surface area contributed by atoms with Crippen LogP contribution in [0.3, 0.4) is 0 Å². The Hall–Kier alpha value is 0.620. The van der Waals surface area contributed by atoms with Gasteiger partial charge in [0, 0.05) is 12.6 Å². The summed E-state index contributed by atoms with van der Waals surface area (Å²) in [5.41, 5.74) is 0.244. The molecule has 20 heavy (non-hydrogen) atoms. The number of ether oxygens (including phenoxy) is 1. The lowest BCUT2D eigenvalue weighted by Crippen LogP contribution is -2.51. The van der Waals surface area contributed by atoms with Crippen molar-refractivity contribution in [3.63, 3.8) is 0 Å². The van der Waals surface area contributed by atoms with Crippen molar-refractivity contribution in [2.75, 3.05) is 36.2 Å². The second kappa shape index (κ2) is 7.26. The number of thioether (sulfide) groups is 2. The van der Waals surface area contributed by atoms with Crippen LogP contribution in [-0.4, -0.2) is 47.8 Å². The van der Waals surface area contributed by atoms with E-state index in [4.69, 9.17) is 4.74 Å². The summed E-state index contributed by atoms with van der Waals surface area (Å²) in [7, 11) is 0. The van der Waals surface area contributed by atoms with E-state index in [0.29, 0.717) is 0 Å². The van der Waals surface area contributed by atoms with Gasteiger partial charge in [0.2, 0.25) is 0 Å². The molecule has 116 valence electrons. The van der Waals surface area contributed by atoms with Crippen molar-refractivity contribution in [1.82, 2.24) is 5.32 Å².